The van der Waals surface area contributed by atoms with E-state index in [0.29, 0.717) is 13.0 Å². The molecule has 0 aromatic heterocycles. The van der Waals surface area contributed by atoms with Crippen molar-refractivity contribution in [3.05, 3.63) is 35.9 Å². The van der Waals surface area contributed by atoms with Gasteiger partial charge in [-0.15, -0.1) is 0 Å². The van der Waals surface area contributed by atoms with E-state index >= 15 is 0 Å². The average Bonchev–Trinajstić information content (AvgIpc) is 2.85. The first-order valence-corrected chi connectivity index (χ1v) is 13.9. The Kier molecular flexibility index (Phi) is 14.3. The average molecular weight is 578 g/mol. The van der Waals surface area contributed by atoms with Crippen molar-refractivity contribution in [3.8, 4) is 0 Å². The number of aliphatic hydroxyl groups excluding tert-OH is 1. The fraction of sp³-hybridized carbons (Fsp3) is 0.621. The van der Waals surface area contributed by atoms with Gasteiger partial charge in [0, 0.05) is 12.5 Å². The van der Waals surface area contributed by atoms with E-state index in [1.165, 1.54) is 0 Å². The third-order valence-corrected chi connectivity index (χ3v) is 6.03. The molecule has 0 heterocycles. The summed E-state index contributed by atoms with van der Waals surface area (Å²) in [7, 11) is 0. The molecule has 12 heteroatoms. The lowest BCUT2D eigenvalue weighted by atomic mass is 9.92. The highest BCUT2D eigenvalue weighted by Gasteiger charge is 2.31. The maximum Gasteiger partial charge on any atom is 0.408 e. The molecule has 5 atom stereocenters. The second kappa shape index (κ2) is 16.6. The van der Waals surface area contributed by atoms with Gasteiger partial charge in [0.15, 0.2) is 0 Å². The van der Waals surface area contributed by atoms with Crippen LogP contribution < -0.4 is 27.0 Å². The van der Waals surface area contributed by atoms with E-state index < -0.39 is 66.0 Å². The molecule has 1 aromatic rings. The largest absolute Gasteiger partial charge is 0.444 e. The van der Waals surface area contributed by atoms with Gasteiger partial charge in [0.1, 0.15) is 17.7 Å². The fourth-order valence-electron chi connectivity index (χ4n) is 3.96. The predicted molar refractivity (Wildman–Crippen MR) is 154 cm³/mol. The Hall–Kier alpha value is -3.67. The normalized spacial score (nSPS) is 15.0. The highest BCUT2D eigenvalue weighted by atomic mass is 16.6. The van der Waals surface area contributed by atoms with Crippen molar-refractivity contribution >= 4 is 29.7 Å². The van der Waals surface area contributed by atoms with Crippen LogP contribution in [0.2, 0.25) is 0 Å². The van der Waals surface area contributed by atoms with E-state index in [9.17, 15) is 29.1 Å². The zero-order valence-electron chi connectivity index (χ0n) is 25.2. The van der Waals surface area contributed by atoms with E-state index in [1.54, 1.807) is 34.6 Å². The van der Waals surface area contributed by atoms with Crippen LogP contribution in [-0.4, -0.2) is 64.7 Å². The van der Waals surface area contributed by atoms with Gasteiger partial charge in [-0.25, -0.2) is 4.79 Å². The lowest BCUT2D eigenvalue weighted by Gasteiger charge is -2.29. The summed E-state index contributed by atoms with van der Waals surface area (Å²) in [5, 5.41) is 21.5. The summed E-state index contributed by atoms with van der Waals surface area (Å²) in [5.41, 5.74) is 5.38. The Morgan fingerprint density at radius 2 is 1.49 bits per heavy atom. The fourth-order valence-corrected chi connectivity index (χ4v) is 3.96. The van der Waals surface area contributed by atoms with Crippen molar-refractivity contribution in [2.24, 2.45) is 17.6 Å². The van der Waals surface area contributed by atoms with Crippen LogP contribution in [0.1, 0.15) is 73.3 Å². The number of aliphatic hydroxyl groups is 1. The van der Waals surface area contributed by atoms with Crippen molar-refractivity contribution in [3.63, 3.8) is 0 Å². The van der Waals surface area contributed by atoms with Gasteiger partial charge in [-0.3, -0.25) is 19.2 Å². The second-order valence-electron chi connectivity index (χ2n) is 11.8. The van der Waals surface area contributed by atoms with Gasteiger partial charge in [0.05, 0.1) is 18.6 Å². The maximum atomic E-state index is 13.1. The first-order chi connectivity index (χ1) is 19.0. The molecule has 0 aliphatic rings. The maximum absolute atomic E-state index is 13.1. The molecule has 0 aliphatic heterocycles. The van der Waals surface area contributed by atoms with E-state index in [2.05, 4.69) is 21.3 Å². The molecule has 41 heavy (non-hydrogen) atoms. The number of nitrogens with one attached hydrogen (secondary N) is 4. The minimum absolute atomic E-state index is 0.0121. The number of carbonyl (C=O) groups excluding carboxylic acids is 5. The number of primary amides is 1. The number of amides is 5. The van der Waals surface area contributed by atoms with Gasteiger partial charge >= 0.3 is 6.09 Å². The zero-order valence-corrected chi connectivity index (χ0v) is 25.2. The molecule has 0 spiro atoms. The number of benzene rings is 1. The zero-order chi connectivity index (χ0) is 31.3. The van der Waals surface area contributed by atoms with Crippen molar-refractivity contribution < 1.29 is 33.8 Å². The summed E-state index contributed by atoms with van der Waals surface area (Å²) in [6.07, 6.45) is -2.16. The predicted octanol–water partition coefficient (Wildman–Crippen LogP) is 1.49. The molecule has 7 N–H and O–H groups in total. The topological polar surface area (TPSA) is 189 Å². The molecule has 0 fully saturated rings. The number of ether oxygens (including phenoxy) is 1. The molecule has 230 valence electrons. The Morgan fingerprint density at radius 3 is 2.02 bits per heavy atom. The van der Waals surface area contributed by atoms with E-state index in [0.717, 1.165) is 5.56 Å². The van der Waals surface area contributed by atoms with Crippen LogP contribution in [0.3, 0.4) is 0 Å². The van der Waals surface area contributed by atoms with Gasteiger partial charge < -0.3 is 36.8 Å². The molecule has 0 bridgehead atoms. The molecule has 0 aliphatic carbocycles. The molecule has 0 radical (unpaired) electrons. The van der Waals surface area contributed by atoms with Crippen molar-refractivity contribution in [1.29, 1.82) is 0 Å². The van der Waals surface area contributed by atoms with Crippen LogP contribution in [-0.2, 0) is 30.5 Å². The summed E-state index contributed by atoms with van der Waals surface area (Å²) in [6.45, 7) is 12.3. The molecule has 0 saturated carbocycles. The lowest BCUT2D eigenvalue weighted by molar-refractivity contribution is -0.131. The molecule has 12 nitrogen and oxygen atoms in total. The first kappa shape index (κ1) is 35.4. The Labute approximate surface area is 242 Å². The summed E-state index contributed by atoms with van der Waals surface area (Å²) < 4.78 is 5.18. The number of hydrogen-bond acceptors (Lipinski definition) is 7. The molecule has 5 amide bonds. The summed E-state index contributed by atoms with van der Waals surface area (Å²) >= 11 is 0. The standard InChI is InChI=1S/C29H47N5O7/c1-17(2)13-21(33-27(39)22(15-24(30)36)34-28(40)41-29(5,6)7)23(35)14-18(3)25(37)32-19(4)26(38)31-16-20-11-9-8-10-12-20/h8-12,17-19,21-23,35H,13-16H2,1-7H3,(H2,30,36)(H,31,38)(H,32,37)(H,33,39)(H,34,40)/t18?,19?,21-,22-,23?/m0/s1. The smallest absolute Gasteiger partial charge is 0.408 e. The Bertz CT molecular complexity index is 1030. The van der Waals surface area contributed by atoms with Crippen molar-refractivity contribution in [1.82, 2.24) is 21.3 Å². The molecule has 3 unspecified atom stereocenters. The Balaban J connectivity index is 2.80. The summed E-state index contributed by atoms with van der Waals surface area (Å²) in [4.78, 5) is 62.1. The number of nitrogens with two attached hydrogens (primary N) is 1. The third kappa shape index (κ3) is 14.5. The first-order valence-electron chi connectivity index (χ1n) is 13.9. The van der Waals surface area contributed by atoms with Crippen LogP contribution in [0.15, 0.2) is 30.3 Å². The molecule has 1 rings (SSSR count). The van der Waals surface area contributed by atoms with Crippen LogP contribution in [0.25, 0.3) is 0 Å². The highest BCUT2D eigenvalue weighted by molar-refractivity contribution is 5.91. The Morgan fingerprint density at radius 1 is 0.878 bits per heavy atom. The third-order valence-electron chi connectivity index (χ3n) is 6.03. The van der Waals surface area contributed by atoms with Crippen molar-refractivity contribution in [2.45, 2.75) is 104 Å². The van der Waals surface area contributed by atoms with Crippen molar-refractivity contribution in [2.75, 3.05) is 0 Å². The molecular formula is C29H47N5O7. The highest BCUT2D eigenvalue weighted by Crippen LogP contribution is 2.16. The minimum atomic E-state index is -1.32. The molecular weight excluding hydrogens is 530 g/mol. The van der Waals surface area contributed by atoms with E-state index in [-0.39, 0.29) is 18.2 Å². The SMILES string of the molecule is CC(C)C[C@H](NC(=O)[C@H](CC(N)=O)NC(=O)OC(C)(C)C)C(O)CC(C)C(=O)NC(C)C(=O)NCc1ccccc1. The van der Waals surface area contributed by atoms with E-state index in [1.807, 2.05) is 44.2 Å². The number of hydrogen-bond donors (Lipinski definition) is 6. The van der Waals surface area contributed by atoms with Crippen LogP contribution in [0.5, 0.6) is 0 Å². The monoisotopic (exact) mass is 577 g/mol. The second-order valence-corrected chi connectivity index (χ2v) is 11.8. The van der Waals surface area contributed by atoms with Gasteiger partial charge in [-0.05, 0) is 52.0 Å². The number of carbonyl (C=O) groups is 5. The van der Waals surface area contributed by atoms with E-state index in [4.69, 9.17) is 10.5 Å². The van der Waals surface area contributed by atoms with Gasteiger partial charge in [0.2, 0.25) is 23.6 Å². The van der Waals surface area contributed by atoms with Gasteiger partial charge in [0.25, 0.3) is 0 Å². The van der Waals surface area contributed by atoms with Crippen LogP contribution in [0.4, 0.5) is 4.79 Å². The molecule has 0 saturated heterocycles. The summed E-state index contributed by atoms with van der Waals surface area (Å²) in [6, 6.07) is 6.45. The van der Waals surface area contributed by atoms with Gasteiger partial charge in [-0.1, -0.05) is 51.1 Å². The summed E-state index contributed by atoms with van der Waals surface area (Å²) in [5.74, 6) is -2.95. The quantitative estimate of drug-likeness (QED) is 0.182. The number of alkyl carbamates (subject to hydrolysis) is 1. The molecule has 1 aromatic carbocycles. The lowest BCUT2D eigenvalue weighted by Crippen LogP contribution is -2.55. The van der Waals surface area contributed by atoms with Crippen LogP contribution in [0, 0.1) is 11.8 Å². The number of rotatable bonds is 15. The minimum Gasteiger partial charge on any atom is -0.444 e. The van der Waals surface area contributed by atoms with Gasteiger partial charge in [-0.2, -0.15) is 0 Å². The van der Waals surface area contributed by atoms with Crippen LogP contribution >= 0.6 is 0 Å².